The average Bonchev–Trinajstić information content (AvgIpc) is 2.81. The van der Waals surface area contributed by atoms with E-state index in [-0.39, 0.29) is 11.4 Å². The molecule has 2 N–H and O–H groups in total. The molecular formula is C16H14N2O3S. The molecule has 3 aromatic rings. The summed E-state index contributed by atoms with van der Waals surface area (Å²) in [5.41, 5.74) is 7.02. The molecule has 5 nitrogen and oxygen atoms in total. The van der Waals surface area contributed by atoms with Crippen LogP contribution in [0.25, 0.3) is 10.9 Å². The molecule has 0 radical (unpaired) electrons. The summed E-state index contributed by atoms with van der Waals surface area (Å²) < 4.78 is 25.4. The van der Waals surface area contributed by atoms with Crippen molar-refractivity contribution in [1.82, 2.24) is 3.97 Å². The molecule has 1 aromatic heterocycles. The summed E-state index contributed by atoms with van der Waals surface area (Å²) in [6.45, 7) is 0. The fourth-order valence-corrected chi connectivity index (χ4v) is 3.55. The first-order valence-electron chi connectivity index (χ1n) is 6.60. The lowest BCUT2D eigenvalue weighted by molar-refractivity contribution is 0.103. The van der Waals surface area contributed by atoms with Crippen LogP contribution in [-0.4, -0.2) is 24.4 Å². The number of ketones is 1. The lowest BCUT2D eigenvalue weighted by Crippen LogP contribution is -2.18. The average molecular weight is 314 g/mol. The zero-order valence-electron chi connectivity index (χ0n) is 11.9. The topological polar surface area (TPSA) is 82.2 Å². The van der Waals surface area contributed by atoms with E-state index in [0.29, 0.717) is 16.5 Å². The summed E-state index contributed by atoms with van der Waals surface area (Å²) in [5.74, 6) is -0.417. The maximum Gasteiger partial charge on any atom is 0.236 e. The van der Waals surface area contributed by atoms with Crippen LogP contribution < -0.4 is 5.73 Å². The Morgan fingerprint density at radius 1 is 1.00 bits per heavy atom. The standard InChI is InChI=1S/C16H14N2O3S/c1-22(20,21)18-13-10-6-5-9-12(13)14(17)15(18)16(19)11-7-3-2-4-8-11/h2-10H,17H2,1H3. The maximum absolute atomic E-state index is 12.7. The number of anilines is 1. The third kappa shape index (κ3) is 2.17. The van der Waals surface area contributed by atoms with Gasteiger partial charge in [-0.15, -0.1) is 0 Å². The smallest absolute Gasteiger partial charge is 0.236 e. The number of benzene rings is 2. The van der Waals surface area contributed by atoms with E-state index in [1.807, 2.05) is 0 Å². The number of carbonyl (C=O) groups excluding carboxylic acids is 1. The van der Waals surface area contributed by atoms with Crippen molar-refractivity contribution in [2.45, 2.75) is 0 Å². The highest BCUT2D eigenvalue weighted by Crippen LogP contribution is 2.31. The van der Waals surface area contributed by atoms with Crippen LogP contribution in [0.4, 0.5) is 5.69 Å². The molecule has 22 heavy (non-hydrogen) atoms. The number of carbonyl (C=O) groups is 1. The number of para-hydroxylation sites is 1. The number of fused-ring (bicyclic) bond motifs is 1. The fraction of sp³-hybridized carbons (Fsp3) is 0.0625. The molecule has 0 saturated heterocycles. The molecule has 1 heterocycles. The number of nitrogens with two attached hydrogens (primary N) is 1. The summed E-state index contributed by atoms with van der Waals surface area (Å²) in [4.78, 5) is 12.7. The van der Waals surface area contributed by atoms with Gasteiger partial charge in [-0.25, -0.2) is 12.4 Å². The highest BCUT2D eigenvalue weighted by molar-refractivity contribution is 7.89. The Kier molecular flexibility index (Phi) is 3.26. The summed E-state index contributed by atoms with van der Waals surface area (Å²) in [6, 6.07) is 15.3. The SMILES string of the molecule is CS(=O)(=O)n1c(C(=O)c2ccccc2)c(N)c2ccccc21. The lowest BCUT2D eigenvalue weighted by atomic mass is 10.1. The highest BCUT2D eigenvalue weighted by Gasteiger charge is 2.26. The van der Waals surface area contributed by atoms with Crippen molar-refractivity contribution in [3.63, 3.8) is 0 Å². The van der Waals surface area contributed by atoms with Gasteiger partial charge in [0.1, 0.15) is 5.69 Å². The Bertz CT molecular complexity index is 973. The van der Waals surface area contributed by atoms with Crippen LogP contribution in [0, 0.1) is 0 Å². The van der Waals surface area contributed by atoms with Gasteiger partial charge < -0.3 is 5.73 Å². The Labute approximate surface area is 128 Å². The maximum atomic E-state index is 12.7. The Morgan fingerprint density at radius 3 is 2.23 bits per heavy atom. The highest BCUT2D eigenvalue weighted by atomic mass is 32.2. The second-order valence-corrected chi connectivity index (χ2v) is 6.83. The van der Waals surface area contributed by atoms with Crippen LogP contribution in [0.15, 0.2) is 54.6 Å². The Morgan fingerprint density at radius 2 is 1.59 bits per heavy atom. The molecule has 0 fully saturated rings. The molecule has 0 unspecified atom stereocenters. The lowest BCUT2D eigenvalue weighted by Gasteiger charge is -2.08. The van der Waals surface area contributed by atoms with Gasteiger partial charge in [0, 0.05) is 10.9 Å². The van der Waals surface area contributed by atoms with Crippen molar-refractivity contribution in [2.24, 2.45) is 0 Å². The molecule has 0 amide bonds. The molecule has 2 aromatic carbocycles. The largest absolute Gasteiger partial charge is 0.396 e. The summed E-state index contributed by atoms with van der Waals surface area (Å²) in [7, 11) is -3.68. The second-order valence-electron chi connectivity index (χ2n) is 5.00. The third-order valence-electron chi connectivity index (χ3n) is 3.45. The van der Waals surface area contributed by atoms with Crippen molar-refractivity contribution in [3.8, 4) is 0 Å². The first-order chi connectivity index (χ1) is 10.4. The number of hydrogen-bond donors (Lipinski definition) is 1. The van der Waals surface area contributed by atoms with Crippen LogP contribution in [0.3, 0.4) is 0 Å². The Hall–Kier alpha value is -2.60. The molecule has 3 rings (SSSR count). The molecule has 0 atom stereocenters. The normalized spacial score (nSPS) is 11.7. The Balaban J connectivity index is 2.39. The van der Waals surface area contributed by atoms with Gasteiger partial charge in [0.15, 0.2) is 0 Å². The van der Waals surface area contributed by atoms with Gasteiger partial charge in [-0.1, -0.05) is 48.5 Å². The first kappa shape index (κ1) is 14.3. The quantitative estimate of drug-likeness (QED) is 0.752. The van der Waals surface area contributed by atoms with Gasteiger partial charge in [-0.3, -0.25) is 4.79 Å². The predicted octanol–water partition coefficient (Wildman–Crippen LogP) is 2.26. The molecule has 0 aliphatic heterocycles. The van der Waals surface area contributed by atoms with Gasteiger partial charge in [-0.2, -0.15) is 0 Å². The minimum Gasteiger partial charge on any atom is -0.396 e. The van der Waals surface area contributed by atoms with Gasteiger partial charge in [-0.05, 0) is 6.07 Å². The third-order valence-corrected chi connectivity index (χ3v) is 4.50. The molecule has 0 spiro atoms. The first-order valence-corrected chi connectivity index (χ1v) is 8.45. The minimum absolute atomic E-state index is 0.0186. The van der Waals surface area contributed by atoms with E-state index >= 15 is 0 Å². The molecule has 0 saturated carbocycles. The molecule has 6 heteroatoms. The van der Waals surface area contributed by atoms with Crippen molar-refractivity contribution in [2.75, 3.05) is 12.0 Å². The molecular weight excluding hydrogens is 300 g/mol. The number of nitrogens with zero attached hydrogens (tertiary/aromatic N) is 1. The van der Waals surface area contributed by atoms with E-state index in [4.69, 9.17) is 5.73 Å². The van der Waals surface area contributed by atoms with Gasteiger partial charge >= 0.3 is 0 Å². The molecule has 0 bridgehead atoms. The van der Waals surface area contributed by atoms with Gasteiger partial charge in [0.2, 0.25) is 15.8 Å². The van der Waals surface area contributed by atoms with Gasteiger partial charge in [0.25, 0.3) is 0 Å². The van der Waals surface area contributed by atoms with Crippen molar-refractivity contribution < 1.29 is 13.2 Å². The molecule has 0 aliphatic carbocycles. The second kappa shape index (κ2) is 4.99. The number of rotatable bonds is 3. The predicted molar refractivity (Wildman–Crippen MR) is 86.5 cm³/mol. The zero-order chi connectivity index (χ0) is 15.9. The van der Waals surface area contributed by atoms with E-state index in [2.05, 4.69) is 0 Å². The van der Waals surface area contributed by atoms with Gasteiger partial charge in [0.05, 0.1) is 17.5 Å². The van der Waals surface area contributed by atoms with E-state index in [1.54, 1.807) is 54.6 Å². The monoisotopic (exact) mass is 314 g/mol. The van der Waals surface area contributed by atoms with E-state index < -0.39 is 15.8 Å². The fourth-order valence-electron chi connectivity index (χ4n) is 2.52. The minimum atomic E-state index is -3.68. The van der Waals surface area contributed by atoms with E-state index in [9.17, 15) is 13.2 Å². The van der Waals surface area contributed by atoms with E-state index in [0.717, 1.165) is 10.2 Å². The van der Waals surface area contributed by atoms with Crippen molar-refractivity contribution >= 4 is 32.4 Å². The van der Waals surface area contributed by atoms with Crippen LogP contribution in [0.2, 0.25) is 0 Å². The van der Waals surface area contributed by atoms with Crippen molar-refractivity contribution in [1.29, 1.82) is 0 Å². The van der Waals surface area contributed by atoms with Crippen molar-refractivity contribution in [3.05, 3.63) is 65.9 Å². The van der Waals surface area contributed by atoms with Crippen LogP contribution in [0.1, 0.15) is 16.1 Å². The van der Waals surface area contributed by atoms with Crippen LogP contribution >= 0.6 is 0 Å². The summed E-state index contributed by atoms with van der Waals surface area (Å²) in [6.07, 6.45) is 1.06. The molecule has 112 valence electrons. The summed E-state index contributed by atoms with van der Waals surface area (Å²) >= 11 is 0. The van der Waals surface area contributed by atoms with Crippen LogP contribution in [0.5, 0.6) is 0 Å². The van der Waals surface area contributed by atoms with Crippen LogP contribution in [-0.2, 0) is 10.0 Å². The number of hydrogen-bond acceptors (Lipinski definition) is 4. The number of nitrogen functional groups attached to an aromatic ring is 1. The molecule has 0 aliphatic rings. The summed E-state index contributed by atoms with van der Waals surface area (Å²) in [5, 5.41) is 0.548. The van der Waals surface area contributed by atoms with E-state index in [1.165, 1.54) is 0 Å². The number of aromatic nitrogens is 1. The zero-order valence-corrected chi connectivity index (χ0v) is 12.7.